The average Bonchev–Trinajstić information content (AvgIpc) is 3.08. The normalized spacial score (nSPS) is 14.4. The van der Waals surface area contributed by atoms with Gasteiger partial charge in [0.25, 0.3) is 0 Å². The second kappa shape index (κ2) is 36.3. The maximum absolute atomic E-state index is 12.4. The lowest BCUT2D eigenvalue weighted by Gasteiger charge is -2.27. The number of aliphatic hydroxyl groups is 4. The Hall–Kier alpha value is -0.950. The van der Waals surface area contributed by atoms with Crippen LogP contribution in [0.15, 0.2) is 12.2 Å². The molecule has 280 valence electrons. The van der Waals surface area contributed by atoms with Crippen molar-refractivity contribution >= 4 is 5.91 Å². The molecule has 6 nitrogen and oxygen atoms in total. The fraction of sp³-hybridized carbons (Fsp3) is 0.927. The van der Waals surface area contributed by atoms with Crippen LogP contribution in [0.1, 0.15) is 213 Å². The van der Waals surface area contributed by atoms with Gasteiger partial charge in [0.2, 0.25) is 5.91 Å². The van der Waals surface area contributed by atoms with Crippen molar-refractivity contribution in [3.63, 3.8) is 0 Å². The van der Waals surface area contributed by atoms with Crippen LogP contribution >= 0.6 is 0 Å². The summed E-state index contributed by atoms with van der Waals surface area (Å²) >= 11 is 0. The second-order valence-electron chi connectivity index (χ2n) is 14.3. The Morgan fingerprint density at radius 1 is 0.511 bits per heavy atom. The summed E-state index contributed by atoms with van der Waals surface area (Å²) in [5.74, 6) is -0.589. The fourth-order valence-electron chi connectivity index (χ4n) is 6.40. The molecule has 5 N–H and O–H groups in total. The summed E-state index contributed by atoms with van der Waals surface area (Å²) < 4.78 is 0. The van der Waals surface area contributed by atoms with Gasteiger partial charge in [-0.1, -0.05) is 187 Å². The van der Waals surface area contributed by atoms with Gasteiger partial charge in [0.15, 0.2) is 0 Å². The number of allylic oxidation sites excluding steroid dienone is 2. The monoisotopic (exact) mass is 668 g/mol. The predicted octanol–water partition coefficient (Wildman–Crippen LogP) is 10.2. The number of nitrogens with one attached hydrogen (secondary N) is 1. The maximum Gasteiger partial charge on any atom is 0.249 e. The van der Waals surface area contributed by atoms with E-state index >= 15 is 0 Å². The summed E-state index contributed by atoms with van der Waals surface area (Å²) in [6.07, 6.45) is 38.3. The number of hydrogen-bond acceptors (Lipinski definition) is 5. The first kappa shape index (κ1) is 46.0. The molecule has 1 amide bonds. The lowest BCUT2D eigenvalue weighted by Crippen LogP contribution is -2.53. The molecule has 0 saturated heterocycles. The highest BCUT2D eigenvalue weighted by Crippen LogP contribution is 2.16. The van der Waals surface area contributed by atoms with E-state index in [1.807, 2.05) is 0 Å². The van der Waals surface area contributed by atoms with Gasteiger partial charge in [-0.3, -0.25) is 4.79 Å². The zero-order valence-electron chi connectivity index (χ0n) is 31.3. The van der Waals surface area contributed by atoms with Crippen molar-refractivity contribution < 1.29 is 25.2 Å². The van der Waals surface area contributed by atoms with Crippen LogP contribution in [-0.2, 0) is 4.79 Å². The minimum atomic E-state index is -1.25. The smallest absolute Gasteiger partial charge is 0.249 e. The standard InChI is InChI=1S/C41H81NO5/c1-3-5-7-9-11-13-14-15-16-17-18-19-20-21-22-23-24-25-26-27-29-31-33-35-39(45)41(47)42-37(36-43)40(46)38(44)34-32-30-28-12-10-8-6-4-2/h21-22,37-40,43-46H,3-20,23-36H2,1-2H3,(H,42,47)/b22-21-. The minimum Gasteiger partial charge on any atom is -0.394 e. The first-order chi connectivity index (χ1) is 23.0. The van der Waals surface area contributed by atoms with E-state index in [2.05, 4.69) is 31.3 Å². The van der Waals surface area contributed by atoms with Crippen molar-refractivity contribution in [3.8, 4) is 0 Å². The van der Waals surface area contributed by atoms with Crippen molar-refractivity contribution in [2.24, 2.45) is 0 Å². The Labute approximate surface area is 292 Å². The van der Waals surface area contributed by atoms with Gasteiger partial charge in [0, 0.05) is 0 Å². The van der Waals surface area contributed by atoms with Gasteiger partial charge in [-0.05, 0) is 38.5 Å². The molecular formula is C41H81NO5. The van der Waals surface area contributed by atoms with Crippen LogP contribution in [0.3, 0.4) is 0 Å². The van der Waals surface area contributed by atoms with Crippen molar-refractivity contribution in [1.29, 1.82) is 0 Å². The molecule has 0 aromatic heterocycles. The second-order valence-corrected chi connectivity index (χ2v) is 14.3. The van der Waals surface area contributed by atoms with Crippen LogP contribution in [0, 0.1) is 0 Å². The summed E-state index contributed by atoms with van der Waals surface area (Å²) in [4.78, 5) is 12.4. The summed E-state index contributed by atoms with van der Waals surface area (Å²) in [7, 11) is 0. The summed E-state index contributed by atoms with van der Waals surface area (Å²) in [6.45, 7) is 4.01. The number of amides is 1. The van der Waals surface area contributed by atoms with Gasteiger partial charge in [-0.15, -0.1) is 0 Å². The molecule has 0 aliphatic rings. The number of unbranched alkanes of at least 4 members (excludes halogenated alkanes) is 26. The molecule has 0 aliphatic carbocycles. The van der Waals surface area contributed by atoms with Gasteiger partial charge in [-0.2, -0.15) is 0 Å². The third kappa shape index (κ3) is 30.8. The number of aliphatic hydroxyl groups excluding tert-OH is 4. The molecule has 0 rings (SSSR count). The fourth-order valence-corrected chi connectivity index (χ4v) is 6.40. The first-order valence-electron chi connectivity index (χ1n) is 20.6. The molecule has 6 heteroatoms. The Bertz CT molecular complexity index is 672. The van der Waals surface area contributed by atoms with Crippen molar-refractivity contribution in [2.45, 2.75) is 237 Å². The van der Waals surface area contributed by atoms with Gasteiger partial charge in [0.05, 0.1) is 18.8 Å². The summed E-state index contributed by atoms with van der Waals surface area (Å²) in [5.41, 5.74) is 0. The molecule has 0 aromatic rings. The van der Waals surface area contributed by atoms with Crippen LogP contribution in [0.5, 0.6) is 0 Å². The molecule has 0 bridgehead atoms. The number of carbonyl (C=O) groups is 1. The van der Waals surface area contributed by atoms with Gasteiger partial charge < -0.3 is 25.7 Å². The largest absolute Gasteiger partial charge is 0.394 e. The zero-order chi connectivity index (χ0) is 34.6. The SMILES string of the molecule is CCCCCCCCCCCCCC/C=C\CCCCCCCCCC(O)C(=O)NC(CO)C(O)C(O)CCCCCCCCCC. The van der Waals surface area contributed by atoms with Crippen molar-refractivity contribution in [3.05, 3.63) is 12.2 Å². The third-order valence-electron chi connectivity index (χ3n) is 9.73. The van der Waals surface area contributed by atoms with Crippen LogP contribution in [0.4, 0.5) is 0 Å². The van der Waals surface area contributed by atoms with E-state index in [9.17, 15) is 25.2 Å². The lowest BCUT2D eigenvalue weighted by atomic mass is 9.99. The zero-order valence-corrected chi connectivity index (χ0v) is 31.3. The lowest BCUT2D eigenvalue weighted by molar-refractivity contribution is -0.132. The van der Waals surface area contributed by atoms with E-state index in [-0.39, 0.29) is 0 Å². The van der Waals surface area contributed by atoms with E-state index in [4.69, 9.17) is 0 Å². The Morgan fingerprint density at radius 2 is 0.851 bits per heavy atom. The van der Waals surface area contributed by atoms with Gasteiger partial charge in [-0.25, -0.2) is 0 Å². The predicted molar refractivity (Wildman–Crippen MR) is 201 cm³/mol. The highest BCUT2D eigenvalue weighted by atomic mass is 16.3. The molecule has 4 unspecified atom stereocenters. The highest BCUT2D eigenvalue weighted by Gasteiger charge is 2.28. The Morgan fingerprint density at radius 3 is 1.23 bits per heavy atom. The van der Waals surface area contributed by atoms with Crippen LogP contribution < -0.4 is 5.32 Å². The maximum atomic E-state index is 12.4. The molecule has 0 aromatic carbocycles. The van der Waals surface area contributed by atoms with Crippen LogP contribution in [-0.4, -0.2) is 57.3 Å². The van der Waals surface area contributed by atoms with Crippen LogP contribution in [0.2, 0.25) is 0 Å². The minimum absolute atomic E-state index is 0.366. The summed E-state index contributed by atoms with van der Waals surface area (Å²) in [5, 5.41) is 43.3. The number of hydrogen-bond donors (Lipinski definition) is 5. The van der Waals surface area contributed by atoms with Crippen LogP contribution in [0.25, 0.3) is 0 Å². The Balaban J connectivity index is 3.67. The van der Waals surface area contributed by atoms with E-state index in [0.717, 1.165) is 38.5 Å². The molecule has 0 radical (unpaired) electrons. The van der Waals surface area contributed by atoms with E-state index in [1.54, 1.807) is 0 Å². The highest BCUT2D eigenvalue weighted by molar-refractivity contribution is 5.80. The van der Waals surface area contributed by atoms with E-state index in [0.29, 0.717) is 12.8 Å². The van der Waals surface area contributed by atoms with Crippen molar-refractivity contribution in [2.75, 3.05) is 6.61 Å². The molecule has 0 aliphatic heterocycles. The number of rotatable bonds is 37. The van der Waals surface area contributed by atoms with Gasteiger partial charge in [0.1, 0.15) is 12.2 Å². The number of carbonyl (C=O) groups excluding carboxylic acids is 1. The molecular weight excluding hydrogens is 586 g/mol. The Kier molecular flexibility index (Phi) is 35.6. The van der Waals surface area contributed by atoms with Gasteiger partial charge >= 0.3 is 0 Å². The molecule has 0 saturated carbocycles. The quantitative estimate of drug-likeness (QED) is 0.0335. The molecule has 47 heavy (non-hydrogen) atoms. The molecule has 0 heterocycles. The third-order valence-corrected chi connectivity index (χ3v) is 9.73. The summed E-state index contributed by atoms with van der Waals surface area (Å²) in [6, 6.07) is -0.981. The first-order valence-corrected chi connectivity index (χ1v) is 20.6. The van der Waals surface area contributed by atoms with E-state index in [1.165, 1.54) is 148 Å². The topological polar surface area (TPSA) is 110 Å². The molecule has 0 fully saturated rings. The van der Waals surface area contributed by atoms with Crippen molar-refractivity contribution in [1.82, 2.24) is 5.32 Å². The molecule has 4 atom stereocenters. The average molecular weight is 668 g/mol. The molecule has 0 spiro atoms. The van der Waals surface area contributed by atoms with E-state index < -0.39 is 36.9 Å².